The molecule has 0 spiro atoms. The third-order valence-electron chi connectivity index (χ3n) is 9.83. The molecule has 6 rings (SSSR count). The molecule has 10 nitrogen and oxygen atoms in total. The van der Waals surface area contributed by atoms with Crippen molar-refractivity contribution in [3.8, 4) is 5.75 Å². The molecular formula is C37H46ClN5O5S. The highest BCUT2D eigenvalue weighted by molar-refractivity contribution is 7.72. The minimum Gasteiger partial charge on any atom is -0.491 e. The smallest absolute Gasteiger partial charge is 0.401 e. The number of benzene rings is 2. The molecule has 0 radical (unpaired) electrons. The number of ether oxygens (including phenoxy) is 2. The van der Waals surface area contributed by atoms with Gasteiger partial charge >= 0.3 is 5.91 Å². The lowest BCUT2D eigenvalue weighted by atomic mass is 9.70. The summed E-state index contributed by atoms with van der Waals surface area (Å²) in [6.07, 6.45) is 14.1. The molecule has 2 aromatic carbocycles. The Kier molecular flexibility index (Phi) is 12.1. The highest BCUT2D eigenvalue weighted by Crippen LogP contribution is 2.42. The van der Waals surface area contributed by atoms with Crippen molar-refractivity contribution in [2.45, 2.75) is 70.6 Å². The number of amides is 2. The van der Waals surface area contributed by atoms with Gasteiger partial charge in [0, 0.05) is 50.6 Å². The van der Waals surface area contributed by atoms with E-state index < -0.39 is 16.5 Å². The number of rotatable bonds is 6. The summed E-state index contributed by atoms with van der Waals surface area (Å²) in [5.74, 6) is 1.09. The van der Waals surface area contributed by atoms with Gasteiger partial charge in [0.25, 0.3) is 0 Å². The molecule has 0 saturated heterocycles. The van der Waals surface area contributed by atoms with Gasteiger partial charge in [-0.1, -0.05) is 42.0 Å². The molecule has 3 aliphatic rings. The van der Waals surface area contributed by atoms with Crippen LogP contribution in [0, 0.1) is 11.8 Å². The van der Waals surface area contributed by atoms with Crippen molar-refractivity contribution < 1.29 is 27.2 Å². The van der Waals surface area contributed by atoms with Crippen molar-refractivity contribution in [3.05, 3.63) is 88.7 Å². The standard InChI is InChI=1S/C37H46ClN5O5S/c1-47-34-9-3-2-6-21-49(46)43(26-39-36(44)16-19-42-18-7-17-40-42)37(45)28-12-15-35-33(23-28)41(25-30-11-14-32(30)34)24-29-10-13-31(38)22-27(29)8-4-5-20-48-35/h3,7,9-10,12-13,15,17-18,22-23,30,32,34H,2,4-6,8,11,14,16,19-21,24-26H2,1H3,(H,39,44)/b9-3+/t30-,32+,34-/m0/s1. The third kappa shape index (κ3) is 8.93. The molecule has 49 heavy (non-hydrogen) atoms. The van der Waals surface area contributed by atoms with E-state index in [1.807, 2.05) is 18.2 Å². The number of methoxy groups -OCH3 is 1. The van der Waals surface area contributed by atoms with Crippen molar-refractivity contribution >= 4 is 39.7 Å². The molecule has 3 aromatic rings. The Morgan fingerprint density at radius 2 is 2.06 bits per heavy atom. The monoisotopic (exact) mass is 707 g/mol. The van der Waals surface area contributed by atoms with E-state index in [4.69, 9.17) is 21.1 Å². The van der Waals surface area contributed by atoms with Crippen LogP contribution in [0.2, 0.25) is 5.02 Å². The molecule has 1 N–H and O–H groups in total. The van der Waals surface area contributed by atoms with Gasteiger partial charge < -0.3 is 23.9 Å². The van der Waals surface area contributed by atoms with Gasteiger partial charge in [0.2, 0.25) is 12.6 Å². The topological polar surface area (TPSA) is 106 Å². The number of carbonyl (C=O) groups is 2. The maximum absolute atomic E-state index is 14.2. The van der Waals surface area contributed by atoms with Crippen LogP contribution in [0.25, 0.3) is 0 Å². The number of allylic oxidation sites excluding steroid dienone is 1. The first-order valence-corrected chi connectivity index (χ1v) is 19.0. The molecule has 2 aliphatic heterocycles. The van der Waals surface area contributed by atoms with Crippen molar-refractivity contribution in [2.75, 3.05) is 37.6 Å². The number of aryl methyl sites for hydroxylation is 2. The van der Waals surface area contributed by atoms with Crippen LogP contribution in [0.4, 0.5) is 5.69 Å². The van der Waals surface area contributed by atoms with E-state index in [2.05, 4.69) is 39.6 Å². The summed E-state index contributed by atoms with van der Waals surface area (Å²) in [4.78, 5) is 29.4. The third-order valence-corrected chi connectivity index (χ3v) is 11.5. The molecule has 3 atom stereocenters. The van der Waals surface area contributed by atoms with Crippen molar-refractivity contribution in [1.82, 2.24) is 15.1 Å². The predicted octanol–water partition coefficient (Wildman–Crippen LogP) is 6.11. The maximum atomic E-state index is 14.2. The number of halogens is 1. The number of nitrogens with one attached hydrogen (secondary N) is 1. The molecule has 262 valence electrons. The molecule has 2 amide bonds. The first-order valence-electron chi connectivity index (χ1n) is 17.3. The molecular weight excluding hydrogens is 662 g/mol. The number of aromatic nitrogens is 2. The fourth-order valence-corrected chi connectivity index (χ4v) is 8.26. The normalized spacial score (nSPS) is 24.7. The minimum atomic E-state index is -1.67. The second-order valence-electron chi connectivity index (χ2n) is 13.0. The van der Waals surface area contributed by atoms with E-state index in [1.54, 1.807) is 36.3 Å². The average molecular weight is 708 g/mol. The van der Waals surface area contributed by atoms with Gasteiger partial charge in [0.1, 0.15) is 5.75 Å². The van der Waals surface area contributed by atoms with Gasteiger partial charge in [-0.15, -0.1) is 0 Å². The lowest BCUT2D eigenvalue weighted by Gasteiger charge is -2.43. The van der Waals surface area contributed by atoms with Gasteiger partial charge in [-0.2, -0.15) is 5.10 Å². The van der Waals surface area contributed by atoms with E-state index >= 15 is 0 Å². The summed E-state index contributed by atoms with van der Waals surface area (Å²) in [6.45, 7) is 2.17. The molecule has 1 aliphatic carbocycles. The zero-order valence-corrected chi connectivity index (χ0v) is 29.7. The van der Waals surface area contributed by atoms with Gasteiger partial charge in [-0.3, -0.25) is 9.48 Å². The quantitative estimate of drug-likeness (QED) is 0.187. The lowest BCUT2D eigenvalue weighted by molar-refractivity contribution is -0.407. The highest BCUT2D eigenvalue weighted by Gasteiger charge is 2.38. The second kappa shape index (κ2) is 16.8. The molecule has 1 aromatic heterocycles. The summed E-state index contributed by atoms with van der Waals surface area (Å²) in [7, 11) is 0.100. The first kappa shape index (κ1) is 35.2. The Morgan fingerprint density at radius 1 is 1.16 bits per heavy atom. The van der Waals surface area contributed by atoms with Crippen LogP contribution in [0.3, 0.4) is 0 Å². The van der Waals surface area contributed by atoms with Gasteiger partial charge in [0.15, 0.2) is 0 Å². The minimum absolute atomic E-state index is 0.00994. The van der Waals surface area contributed by atoms with Crippen molar-refractivity contribution in [1.29, 1.82) is 0 Å². The predicted molar refractivity (Wildman–Crippen MR) is 190 cm³/mol. The summed E-state index contributed by atoms with van der Waals surface area (Å²) in [5.41, 5.74) is 3.64. The molecule has 0 unspecified atom stereocenters. The average Bonchev–Trinajstić information content (AvgIpc) is 3.61. The SMILES string of the molecule is CO[C@H]1/C=C/CCC/[S-](=O)=[N+](/CNC(=O)CCn2cccn2)C(=O)c2ccc3c(c2)N(Cc2ccc(Cl)cc2CCCCO3)C[C@@H]2CC[C@H]21. The Morgan fingerprint density at radius 3 is 2.86 bits per heavy atom. The van der Waals surface area contributed by atoms with Crippen LogP contribution >= 0.6 is 11.6 Å². The summed E-state index contributed by atoms with van der Waals surface area (Å²) in [6, 6.07) is 13.4. The van der Waals surface area contributed by atoms with E-state index in [0.717, 1.165) is 49.4 Å². The van der Waals surface area contributed by atoms with E-state index in [0.29, 0.717) is 55.7 Å². The number of hydrogen-bond acceptors (Lipinski definition) is 8. The Labute approximate surface area is 295 Å². The molecule has 12 heteroatoms. The molecule has 1 fully saturated rings. The van der Waals surface area contributed by atoms with Crippen LogP contribution in [0.15, 0.2) is 67.0 Å². The summed E-state index contributed by atoms with van der Waals surface area (Å²) in [5, 5.41) is 7.69. The molecule has 1 saturated carbocycles. The molecule has 2 bridgehead atoms. The maximum Gasteiger partial charge on any atom is 0.401 e. The zero-order chi connectivity index (χ0) is 34.2. The van der Waals surface area contributed by atoms with Crippen LogP contribution in [-0.2, 0) is 43.8 Å². The number of fused-ring (bicyclic) bond motifs is 3. The van der Waals surface area contributed by atoms with Crippen molar-refractivity contribution in [2.24, 2.45) is 11.8 Å². The van der Waals surface area contributed by atoms with E-state index in [1.165, 1.54) is 15.1 Å². The van der Waals surface area contributed by atoms with Crippen molar-refractivity contribution in [3.63, 3.8) is 0 Å². The van der Waals surface area contributed by atoms with Crippen LogP contribution < -0.4 is 15.0 Å². The fourth-order valence-electron chi connectivity index (χ4n) is 6.93. The Bertz CT molecular complexity index is 1740. The number of nitrogens with zero attached hydrogens (tertiary/aromatic N) is 4. The zero-order valence-electron chi connectivity index (χ0n) is 28.1. The Hall–Kier alpha value is -3.67. The largest absolute Gasteiger partial charge is 0.491 e. The summed E-state index contributed by atoms with van der Waals surface area (Å²) < 4.78 is 29.1. The number of carbonyl (C=O) groups excluding carboxylic acids is 2. The lowest BCUT2D eigenvalue weighted by Crippen LogP contribution is -2.43. The Balaban J connectivity index is 1.37. The first-order chi connectivity index (χ1) is 23.9. The van der Waals surface area contributed by atoms with Gasteiger partial charge in [0.05, 0.1) is 24.0 Å². The summed E-state index contributed by atoms with van der Waals surface area (Å²) >= 11 is 6.47. The van der Waals surface area contributed by atoms with E-state index in [-0.39, 0.29) is 30.9 Å². The van der Waals surface area contributed by atoms with E-state index in [9.17, 15) is 13.8 Å². The van der Waals surface area contributed by atoms with Crippen LogP contribution in [0.5, 0.6) is 5.75 Å². The number of hydrogen-bond donors (Lipinski definition) is 1. The fraction of sp³-hybridized carbons (Fsp3) is 0.486. The van der Waals surface area contributed by atoms with Gasteiger partial charge in [-0.05, 0) is 108 Å². The number of anilines is 1. The van der Waals surface area contributed by atoms with Gasteiger partial charge in [-0.25, -0.2) is 8.74 Å². The second-order valence-corrected chi connectivity index (χ2v) is 15.0. The highest BCUT2D eigenvalue weighted by atomic mass is 35.5. The molecule has 3 heterocycles. The van der Waals surface area contributed by atoms with Crippen LogP contribution in [0.1, 0.15) is 66.4 Å². The van der Waals surface area contributed by atoms with Crippen LogP contribution in [-0.4, -0.2) is 64.3 Å².